The van der Waals surface area contributed by atoms with E-state index in [1.54, 1.807) is 64.1 Å². The van der Waals surface area contributed by atoms with Crippen LogP contribution >= 0.6 is 11.6 Å². The molecule has 2 aromatic rings. The summed E-state index contributed by atoms with van der Waals surface area (Å²) in [6.45, 7) is 8.59. The Balaban J connectivity index is 2.51. The van der Waals surface area contributed by atoms with E-state index in [1.165, 1.54) is 0 Å². The topological polar surface area (TPSA) is 131 Å². The number of para-hydroxylation sites is 1. The lowest BCUT2D eigenvalue weighted by atomic mass is 10.00. The fraction of sp³-hybridized carbons (Fsp3) is 0.357. The number of benzene rings is 2. The molecule has 0 aliphatic rings. The first-order chi connectivity index (χ1) is 17.7. The molecule has 2 rings (SSSR count). The van der Waals surface area contributed by atoms with Crippen LogP contribution in [0.3, 0.4) is 0 Å². The minimum absolute atomic E-state index is 0.155. The van der Waals surface area contributed by atoms with E-state index in [-0.39, 0.29) is 12.8 Å². The van der Waals surface area contributed by atoms with Gasteiger partial charge in [0.15, 0.2) is 0 Å². The molecule has 0 heterocycles. The van der Waals surface area contributed by atoms with Gasteiger partial charge in [0, 0.05) is 12.5 Å². The van der Waals surface area contributed by atoms with Gasteiger partial charge in [-0.25, -0.2) is 4.79 Å². The van der Waals surface area contributed by atoms with Crippen LogP contribution in [0.4, 0.5) is 10.5 Å². The molecule has 0 fully saturated rings. The second-order valence-corrected chi connectivity index (χ2v) is 10.2. The molecule has 0 saturated heterocycles. The summed E-state index contributed by atoms with van der Waals surface area (Å²) in [5, 5.41) is 5.55. The number of aryl methyl sites for hydroxylation is 2. The highest BCUT2D eigenvalue weighted by Crippen LogP contribution is 2.29. The van der Waals surface area contributed by atoms with Crippen molar-refractivity contribution in [1.29, 1.82) is 0 Å². The molecule has 202 valence electrons. The van der Waals surface area contributed by atoms with Crippen LogP contribution in [0, 0.1) is 26.3 Å². The number of hydrogen-bond donors (Lipinski definition) is 3. The van der Waals surface area contributed by atoms with Gasteiger partial charge in [0.2, 0.25) is 5.91 Å². The fourth-order valence-corrected chi connectivity index (χ4v) is 3.94. The molecular formula is C28H33ClN4O5. The number of ether oxygens (including phenoxy) is 1. The first-order valence-corrected chi connectivity index (χ1v) is 12.3. The van der Waals surface area contributed by atoms with E-state index in [0.29, 0.717) is 21.8 Å². The quantitative estimate of drug-likeness (QED) is 0.324. The predicted octanol–water partition coefficient (Wildman–Crippen LogP) is 4.21. The van der Waals surface area contributed by atoms with Crippen LogP contribution in [0.1, 0.15) is 56.3 Å². The monoisotopic (exact) mass is 540 g/mol. The summed E-state index contributed by atoms with van der Waals surface area (Å²) in [4.78, 5) is 52.3. The number of hydrogen-bond acceptors (Lipinski definition) is 5. The van der Waals surface area contributed by atoms with Gasteiger partial charge in [-0.1, -0.05) is 60.0 Å². The van der Waals surface area contributed by atoms with Crippen LogP contribution in [0.2, 0.25) is 5.02 Å². The largest absolute Gasteiger partial charge is 0.444 e. The van der Waals surface area contributed by atoms with Crippen molar-refractivity contribution < 1.29 is 23.9 Å². The van der Waals surface area contributed by atoms with Crippen molar-refractivity contribution in [3.63, 3.8) is 0 Å². The van der Waals surface area contributed by atoms with E-state index in [4.69, 9.17) is 28.5 Å². The number of carbonyl (C=O) groups excluding carboxylic acids is 4. The number of amides is 4. The number of halogens is 1. The Labute approximate surface area is 228 Å². The second-order valence-electron chi connectivity index (χ2n) is 9.78. The highest BCUT2D eigenvalue weighted by atomic mass is 35.5. The fourth-order valence-electron chi connectivity index (χ4n) is 3.67. The van der Waals surface area contributed by atoms with Gasteiger partial charge >= 0.3 is 6.09 Å². The molecule has 38 heavy (non-hydrogen) atoms. The average molecular weight is 541 g/mol. The van der Waals surface area contributed by atoms with E-state index in [0.717, 1.165) is 10.5 Å². The zero-order chi connectivity index (χ0) is 28.6. The van der Waals surface area contributed by atoms with E-state index in [2.05, 4.69) is 16.7 Å². The molecule has 4 N–H and O–H groups in total. The number of alkyl carbamates (subject to hydrolysis) is 1. The van der Waals surface area contributed by atoms with Crippen molar-refractivity contribution in [2.45, 2.75) is 65.1 Å². The summed E-state index contributed by atoms with van der Waals surface area (Å²) in [6, 6.07) is 11.8. The molecule has 0 radical (unpaired) electrons. The molecule has 0 aliphatic carbocycles. The number of terminal acetylenes is 1. The predicted molar refractivity (Wildman–Crippen MR) is 146 cm³/mol. The van der Waals surface area contributed by atoms with E-state index < -0.39 is 41.5 Å². The number of nitrogens with one attached hydrogen (secondary N) is 2. The van der Waals surface area contributed by atoms with Crippen LogP contribution in [-0.2, 0) is 19.1 Å². The van der Waals surface area contributed by atoms with Crippen molar-refractivity contribution in [3.05, 3.63) is 64.2 Å². The van der Waals surface area contributed by atoms with Crippen molar-refractivity contribution in [3.8, 4) is 12.5 Å². The number of anilines is 1. The Hall–Kier alpha value is -4.03. The zero-order valence-corrected chi connectivity index (χ0v) is 22.9. The highest BCUT2D eigenvalue weighted by molar-refractivity contribution is 6.34. The molecule has 2 unspecified atom stereocenters. The van der Waals surface area contributed by atoms with Gasteiger partial charge in [-0.05, 0) is 58.2 Å². The smallest absolute Gasteiger partial charge is 0.408 e. The standard InChI is InChI=1S/C28H33ClN4O5/c1-7-33(26(36)21(14-15-22(30)34)31-27(37)38-28(4,5)6)24(19-12-8-10-17(2)16-19)25(35)32-23-18(3)11-9-13-20(23)29/h1,8-13,16,21,24H,14-15H2,2-6H3,(H2,30,34)(H,31,37)(H,32,35). The molecule has 0 aromatic heterocycles. The van der Waals surface area contributed by atoms with E-state index in [9.17, 15) is 19.2 Å². The summed E-state index contributed by atoms with van der Waals surface area (Å²) in [5.41, 5.74) is 6.79. The molecule has 0 spiro atoms. The Morgan fingerprint density at radius 3 is 2.34 bits per heavy atom. The molecule has 2 aromatic carbocycles. The third kappa shape index (κ3) is 8.53. The SMILES string of the molecule is C#CN(C(=O)C(CCC(N)=O)NC(=O)OC(C)(C)C)C(C(=O)Nc1c(C)cccc1Cl)c1cccc(C)c1. The van der Waals surface area contributed by atoms with Gasteiger partial charge in [0.25, 0.3) is 11.8 Å². The molecule has 10 heteroatoms. The first-order valence-electron chi connectivity index (χ1n) is 11.9. The Morgan fingerprint density at radius 1 is 1.13 bits per heavy atom. The lowest BCUT2D eigenvalue weighted by Crippen LogP contribution is -2.51. The third-order valence-corrected chi connectivity index (χ3v) is 5.69. The number of primary amides is 1. The number of nitrogens with zero attached hydrogens (tertiary/aromatic N) is 1. The minimum atomic E-state index is -1.30. The molecule has 0 bridgehead atoms. The molecule has 0 saturated carbocycles. The van der Waals surface area contributed by atoms with Gasteiger partial charge in [0.05, 0.1) is 10.7 Å². The second kappa shape index (κ2) is 13.0. The summed E-state index contributed by atoms with van der Waals surface area (Å²) < 4.78 is 5.27. The lowest BCUT2D eigenvalue weighted by molar-refractivity contribution is -0.137. The maximum Gasteiger partial charge on any atom is 0.408 e. The van der Waals surface area contributed by atoms with Crippen molar-refractivity contribution in [2.24, 2.45) is 5.73 Å². The highest BCUT2D eigenvalue weighted by Gasteiger charge is 2.36. The first kappa shape index (κ1) is 30.2. The third-order valence-electron chi connectivity index (χ3n) is 5.38. The number of rotatable bonds is 9. The molecule has 9 nitrogen and oxygen atoms in total. The Morgan fingerprint density at radius 2 is 1.79 bits per heavy atom. The van der Waals surface area contributed by atoms with Gasteiger partial charge in [-0.15, -0.1) is 0 Å². The summed E-state index contributed by atoms with van der Waals surface area (Å²) in [7, 11) is 0. The van der Waals surface area contributed by atoms with Crippen LogP contribution in [-0.4, -0.2) is 40.4 Å². The molecule has 4 amide bonds. The molecule has 0 aliphatic heterocycles. The Bertz CT molecular complexity index is 1230. The van der Waals surface area contributed by atoms with Gasteiger partial charge in [0.1, 0.15) is 17.7 Å². The van der Waals surface area contributed by atoms with Crippen molar-refractivity contribution in [1.82, 2.24) is 10.2 Å². The maximum atomic E-state index is 13.7. The van der Waals surface area contributed by atoms with E-state index >= 15 is 0 Å². The van der Waals surface area contributed by atoms with Gasteiger partial charge < -0.3 is 21.1 Å². The normalized spacial score (nSPS) is 12.4. The summed E-state index contributed by atoms with van der Waals surface area (Å²) in [6.07, 6.45) is 4.52. The van der Waals surface area contributed by atoms with Gasteiger partial charge in [-0.3, -0.25) is 19.3 Å². The Kier molecular flexibility index (Phi) is 10.3. The molecule has 2 atom stereocenters. The summed E-state index contributed by atoms with van der Waals surface area (Å²) >= 11 is 6.32. The van der Waals surface area contributed by atoms with Crippen molar-refractivity contribution in [2.75, 3.05) is 5.32 Å². The number of nitrogens with two attached hydrogens (primary N) is 1. The maximum absolute atomic E-state index is 13.7. The molecular weight excluding hydrogens is 508 g/mol. The minimum Gasteiger partial charge on any atom is -0.444 e. The zero-order valence-electron chi connectivity index (χ0n) is 22.1. The lowest BCUT2D eigenvalue weighted by Gasteiger charge is -2.30. The van der Waals surface area contributed by atoms with Gasteiger partial charge in [-0.2, -0.15) is 0 Å². The summed E-state index contributed by atoms with van der Waals surface area (Å²) in [5.74, 6) is -2.09. The number of carbonyl (C=O) groups is 4. The van der Waals surface area contributed by atoms with Crippen molar-refractivity contribution >= 4 is 41.1 Å². The van der Waals surface area contributed by atoms with Crippen LogP contribution in [0.5, 0.6) is 0 Å². The van der Waals surface area contributed by atoms with Crippen LogP contribution in [0.25, 0.3) is 0 Å². The average Bonchev–Trinajstić information content (AvgIpc) is 2.80. The van der Waals surface area contributed by atoms with Crippen LogP contribution < -0.4 is 16.4 Å². The van der Waals surface area contributed by atoms with E-state index in [1.807, 2.05) is 13.0 Å². The van der Waals surface area contributed by atoms with Crippen LogP contribution in [0.15, 0.2) is 42.5 Å².